The third-order valence-corrected chi connectivity index (χ3v) is 2.93. The molecule has 0 aliphatic carbocycles. The average Bonchev–Trinajstić information content (AvgIpc) is 2.41. The van der Waals surface area contributed by atoms with Gasteiger partial charge in [-0.05, 0) is 18.4 Å². The third kappa shape index (κ3) is 4.19. The summed E-state index contributed by atoms with van der Waals surface area (Å²) in [5.74, 6) is 1.08. The van der Waals surface area contributed by atoms with Gasteiger partial charge in [0.15, 0.2) is 0 Å². The number of hydrogen-bond donors (Lipinski definition) is 1. The van der Waals surface area contributed by atoms with Gasteiger partial charge in [0.1, 0.15) is 5.75 Å². The third-order valence-electron chi connectivity index (χ3n) is 2.72. The first-order valence-corrected chi connectivity index (χ1v) is 6.54. The first kappa shape index (κ1) is 13.8. The highest BCUT2D eigenvalue weighted by molar-refractivity contribution is 6.30. The van der Waals surface area contributed by atoms with Gasteiger partial charge in [-0.25, -0.2) is 4.98 Å². The summed E-state index contributed by atoms with van der Waals surface area (Å²) in [7, 11) is 0. The molecule has 2 heterocycles. The van der Waals surface area contributed by atoms with Crippen LogP contribution in [0.5, 0.6) is 11.6 Å². The van der Waals surface area contributed by atoms with Crippen LogP contribution in [0, 0.1) is 0 Å². The van der Waals surface area contributed by atoms with E-state index in [4.69, 9.17) is 22.1 Å². The summed E-state index contributed by atoms with van der Waals surface area (Å²) in [6.07, 6.45) is 6.70. The molecule has 0 spiro atoms. The predicted molar refractivity (Wildman–Crippen MR) is 75.5 cm³/mol. The van der Waals surface area contributed by atoms with E-state index in [0.29, 0.717) is 16.7 Å². The molecule has 0 aliphatic heterocycles. The molecule has 2 aromatic rings. The number of nitrogens with two attached hydrogens (primary N) is 1. The van der Waals surface area contributed by atoms with Crippen molar-refractivity contribution in [1.82, 2.24) is 9.97 Å². The van der Waals surface area contributed by atoms with Crippen LogP contribution in [0.15, 0.2) is 36.8 Å². The maximum atomic E-state index is 5.90. The van der Waals surface area contributed by atoms with E-state index in [1.54, 1.807) is 24.7 Å². The molecule has 100 valence electrons. The monoisotopic (exact) mass is 277 g/mol. The lowest BCUT2D eigenvalue weighted by Crippen LogP contribution is -2.21. The van der Waals surface area contributed by atoms with Crippen LogP contribution in [0.25, 0.3) is 0 Å². The van der Waals surface area contributed by atoms with Gasteiger partial charge >= 0.3 is 0 Å². The molecule has 2 N–H and O–H groups in total. The van der Waals surface area contributed by atoms with Crippen LogP contribution in [0.1, 0.15) is 18.9 Å². The first-order chi connectivity index (χ1) is 9.17. The molecule has 2 aromatic heterocycles. The molecule has 1 atom stereocenters. The molecule has 5 heteroatoms. The fourth-order valence-electron chi connectivity index (χ4n) is 1.61. The van der Waals surface area contributed by atoms with E-state index in [1.165, 1.54) is 0 Å². The van der Waals surface area contributed by atoms with Gasteiger partial charge in [-0.15, -0.1) is 0 Å². The molecule has 0 radical (unpaired) electrons. The zero-order valence-electron chi connectivity index (χ0n) is 10.7. The number of ether oxygens (including phenoxy) is 1. The fourth-order valence-corrected chi connectivity index (χ4v) is 1.77. The first-order valence-electron chi connectivity index (χ1n) is 6.16. The van der Waals surface area contributed by atoms with E-state index in [-0.39, 0.29) is 6.04 Å². The van der Waals surface area contributed by atoms with Crippen LogP contribution < -0.4 is 10.5 Å². The van der Waals surface area contributed by atoms with Crippen molar-refractivity contribution < 1.29 is 4.74 Å². The van der Waals surface area contributed by atoms with Crippen LogP contribution in [0.2, 0.25) is 5.02 Å². The van der Waals surface area contributed by atoms with E-state index in [2.05, 4.69) is 16.9 Å². The SMILES string of the molecule is CCC(N)Cc1ccc(Oc2cncc(Cl)c2)nc1. The van der Waals surface area contributed by atoms with Crippen LogP contribution in [0.3, 0.4) is 0 Å². The molecule has 2 rings (SSSR count). The standard InChI is InChI=1S/C14H16ClN3O/c1-2-12(16)5-10-3-4-14(18-7-10)19-13-6-11(15)8-17-9-13/h3-4,6-9,12H,2,5,16H2,1H3. The molecule has 0 aliphatic rings. The summed E-state index contributed by atoms with van der Waals surface area (Å²) in [6, 6.07) is 5.65. The molecule has 1 unspecified atom stereocenters. The Balaban J connectivity index is 2.02. The molecule has 0 amide bonds. The minimum absolute atomic E-state index is 0.172. The Kier molecular flexibility index (Phi) is 4.71. The lowest BCUT2D eigenvalue weighted by atomic mass is 10.1. The number of halogens is 1. The Hall–Kier alpha value is -1.65. The Bertz CT molecular complexity index is 530. The Morgan fingerprint density at radius 1 is 1.32 bits per heavy atom. The van der Waals surface area contributed by atoms with E-state index >= 15 is 0 Å². The molecular formula is C14H16ClN3O. The van der Waals surface area contributed by atoms with Crippen molar-refractivity contribution in [3.8, 4) is 11.6 Å². The van der Waals surface area contributed by atoms with Gasteiger partial charge in [-0.1, -0.05) is 24.6 Å². The summed E-state index contributed by atoms with van der Waals surface area (Å²) < 4.78 is 5.56. The van der Waals surface area contributed by atoms with Crippen molar-refractivity contribution in [3.05, 3.63) is 47.4 Å². The van der Waals surface area contributed by atoms with Crippen molar-refractivity contribution in [3.63, 3.8) is 0 Å². The summed E-state index contributed by atoms with van der Waals surface area (Å²) >= 11 is 5.83. The number of aromatic nitrogens is 2. The Morgan fingerprint density at radius 2 is 2.16 bits per heavy atom. The molecule has 0 saturated carbocycles. The minimum Gasteiger partial charge on any atom is -0.437 e. The highest BCUT2D eigenvalue weighted by atomic mass is 35.5. The molecule has 4 nitrogen and oxygen atoms in total. The molecule has 0 bridgehead atoms. The highest BCUT2D eigenvalue weighted by Crippen LogP contribution is 2.21. The quantitative estimate of drug-likeness (QED) is 0.912. The van der Waals surface area contributed by atoms with Gasteiger partial charge < -0.3 is 10.5 Å². The normalized spacial score (nSPS) is 12.2. The van der Waals surface area contributed by atoms with Crippen LogP contribution in [0.4, 0.5) is 0 Å². The molecular weight excluding hydrogens is 262 g/mol. The van der Waals surface area contributed by atoms with Crippen LogP contribution in [-0.2, 0) is 6.42 Å². The highest BCUT2D eigenvalue weighted by Gasteiger charge is 2.04. The maximum absolute atomic E-state index is 5.90. The maximum Gasteiger partial charge on any atom is 0.219 e. The minimum atomic E-state index is 0.172. The van der Waals surface area contributed by atoms with Crippen molar-refractivity contribution >= 4 is 11.6 Å². The molecule has 0 aromatic carbocycles. The summed E-state index contributed by atoms with van der Waals surface area (Å²) in [6.45, 7) is 2.07. The number of nitrogens with zero attached hydrogens (tertiary/aromatic N) is 2. The summed E-state index contributed by atoms with van der Waals surface area (Å²) in [4.78, 5) is 8.19. The lowest BCUT2D eigenvalue weighted by molar-refractivity contribution is 0.460. The van der Waals surface area contributed by atoms with Crippen LogP contribution in [-0.4, -0.2) is 16.0 Å². The van der Waals surface area contributed by atoms with Gasteiger partial charge in [0.05, 0.1) is 11.2 Å². The second-order valence-corrected chi connectivity index (χ2v) is 4.75. The smallest absolute Gasteiger partial charge is 0.219 e. The lowest BCUT2D eigenvalue weighted by Gasteiger charge is -2.09. The van der Waals surface area contributed by atoms with Crippen molar-refractivity contribution in [1.29, 1.82) is 0 Å². The Morgan fingerprint density at radius 3 is 2.79 bits per heavy atom. The average molecular weight is 278 g/mol. The zero-order chi connectivity index (χ0) is 13.7. The van der Waals surface area contributed by atoms with E-state index in [9.17, 15) is 0 Å². The van der Waals surface area contributed by atoms with Gasteiger partial charge in [-0.3, -0.25) is 4.98 Å². The van der Waals surface area contributed by atoms with Crippen LogP contribution >= 0.6 is 11.6 Å². The summed E-state index contributed by atoms with van der Waals surface area (Å²) in [5, 5.41) is 0.531. The Labute approximate surface area is 117 Å². The zero-order valence-corrected chi connectivity index (χ0v) is 11.5. The topological polar surface area (TPSA) is 61.0 Å². The molecule has 0 saturated heterocycles. The van der Waals surface area contributed by atoms with Gasteiger partial charge in [-0.2, -0.15) is 0 Å². The summed E-state index contributed by atoms with van der Waals surface area (Å²) in [5.41, 5.74) is 7.00. The van der Waals surface area contributed by atoms with Gasteiger partial charge in [0.25, 0.3) is 0 Å². The van der Waals surface area contributed by atoms with Gasteiger partial charge in [0.2, 0.25) is 5.88 Å². The predicted octanol–water partition coefficient (Wildman–Crippen LogP) is 3.20. The second kappa shape index (κ2) is 6.50. The van der Waals surface area contributed by atoms with Crippen molar-refractivity contribution in [2.45, 2.75) is 25.8 Å². The number of rotatable bonds is 5. The number of hydrogen-bond acceptors (Lipinski definition) is 4. The van der Waals surface area contributed by atoms with Crippen molar-refractivity contribution in [2.75, 3.05) is 0 Å². The molecule has 0 fully saturated rings. The number of pyridine rings is 2. The van der Waals surface area contributed by atoms with Gasteiger partial charge in [0, 0.05) is 30.6 Å². The van der Waals surface area contributed by atoms with E-state index in [1.807, 2.05) is 12.1 Å². The molecule has 19 heavy (non-hydrogen) atoms. The second-order valence-electron chi connectivity index (χ2n) is 4.32. The largest absolute Gasteiger partial charge is 0.437 e. The van der Waals surface area contributed by atoms with Crippen molar-refractivity contribution in [2.24, 2.45) is 5.73 Å². The van der Waals surface area contributed by atoms with E-state index < -0.39 is 0 Å². The fraction of sp³-hybridized carbons (Fsp3) is 0.286. The van der Waals surface area contributed by atoms with E-state index in [0.717, 1.165) is 18.4 Å².